The second-order valence-corrected chi connectivity index (χ2v) is 8.37. The van der Waals surface area contributed by atoms with Crippen LogP contribution in [0.2, 0.25) is 5.02 Å². The molecule has 1 heterocycles. The minimum atomic E-state index is -0.104. The number of amides is 1. The summed E-state index contributed by atoms with van der Waals surface area (Å²) in [6.07, 6.45) is 0.796. The molecule has 152 valence electrons. The van der Waals surface area contributed by atoms with Crippen LogP contribution in [0.3, 0.4) is 0 Å². The number of nitrogens with zero attached hydrogens (tertiary/aromatic N) is 3. The zero-order valence-corrected chi connectivity index (χ0v) is 18.3. The van der Waals surface area contributed by atoms with Crippen molar-refractivity contribution < 1.29 is 4.79 Å². The molecule has 0 aliphatic heterocycles. The van der Waals surface area contributed by atoms with E-state index < -0.39 is 0 Å². The molecule has 0 saturated heterocycles. The van der Waals surface area contributed by atoms with Crippen LogP contribution in [0.25, 0.3) is 10.9 Å². The molecule has 5 nitrogen and oxygen atoms in total. The van der Waals surface area contributed by atoms with Crippen LogP contribution in [0, 0.1) is 0 Å². The zero-order chi connectivity index (χ0) is 21.0. The predicted octanol–water partition coefficient (Wildman–Crippen LogP) is 4.99. The molecule has 3 aromatic rings. The van der Waals surface area contributed by atoms with Gasteiger partial charge in [0.1, 0.15) is 0 Å². The van der Waals surface area contributed by atoms with Crippen LogP contribution in [0.4, 0.5) is 5.69 Å². The molecule has 3 rings (SSSR count). The van der Waals surface area contributed by atoms with E-state index >= 15 is 0 Å². The zero-order valence-electron chi connectivity index (χ0n) is 16.8. The Morgan fingerprint density at radius 2 is 1.93 bits per heavy atom. The monoisotopic (exact) mass is 429 g/mol. The second kappa shape index (κ2) is 9.46. The molecule has 2 aromatic carbocycles. The largest absolute Gasteiger partial charge is 0.309 e. The lowest BCUT2D eigenvalue weighted by Gasteiger charge is -2.27. The fourth-order valence-corrected chi connectivity index (χ4v) is 4.27. The van der Waals surface area contributed by atoms with Crippen molar-refractivity contribution in [3.63, 3.8) is 0 Å². The van der Waals surface area contributed by atoms with E-state index in [4.69, 9.17) is 11.6 Å². The maximum atomic E-state index is 13.0. The summed E-state index contributed by atoms with van der Waals surface area (Å²) in [4.78, 5) is 32.3. The van der Waals surface area contributed by atoms with Gasteiger partial charge in [0.25, 0.3) is 5.56 Å². The molecule has 0 unspecified atom stereocenters. The van der Waals surface area contributed by atoms with Gasteiger partial charge in [-0.25, -0.2) is 4.98 Å². The molecule has 1 amide bonds. The molecule has 29 heavy (non-hydrogen) atoms. The highest BCUT2D eigenvalue weighted by atomic mass is 35.5. The van der Waals surface area contributed by atoms with Gasteiger partial charge in [0.2, 0.25) is 5.91 Å². The van der Waals surface area contributed by atoms with Gasteiger partial charge in [-0.1, -0.05) is 48.5 Å². The molecule has 0 spiro atoms. The van der Waals surface area contributed by atoms with Crippen molar-refractivity contribution in [2.75, 3.05) is 10.7 Å². The standard InChI is InChI=1S/C22H24ClN3O2S/c1-4-12-25-21(28)18-11-10-16(23)13-19(18)24-22(25)29-14-20(27)26(15(2)3)17-8-6-5-7-9-17/h5-11,13,15H,4,12,14H2,1-3H3. The van der Waals surface area contributed by atoms with E-state index in [1.807, 2.05) is 51.1 Å². The Morgan fingerprint density at radius 1 is 1.21 bits per heavy atom. The van der Waals surface area contributed by atoms with Gasteiger partial charge in [0.15, 0.2) is 5.16 Å². The van der Waals surface area contributed by atoms with Gasteiger partial charge < -0.3 is 4.90 Å². The van der Waals surface area contributed by atoms with Crippen molar-refractivity contribution in [2.45, 2.75) is 44.9 Å². The van der Waals surface area contributed by atoms with Crippen LogP contribution in [0.15, 0.2) is 58.5 Å². The van der Waals surface area contributed by atoms with Gasteiger partial charge in [-0.05, 0) is 50.6 Å². The summed E-state index contributed by atoms with van der Waals surface area (Å²) in [6.45, 7) is 6.53. The number of carbonyl (C=O) groups is 1. The second-order valence-electron chi connectivity index (χ2n) is 6.99. The number of halogens is 1. The molecular weight excluding hydrogens is 406 g/mol. The average molecular weight is 430 g/mol. The lowest BCUT2D eigenvalue weighted by atomic mass is 10.2. The minimum Gasteiger partial charge on any atom is -0.309 e. The number of hydrogen-bond donors (Lipinski definition) is 0. The van der Waals surface area contributed by atoms with Gasteiger partial charge in [-0.2, -0.15) is 0 Å². The molecule has 0 saturated carbocycles. The molecule has 0 N–H and O–H groups in total. The van der Waals surface area contributed by atoms with Gasteiger partial charge in [-0.15, -0.1) is 0 Å². The molecule has 0 radical (unpaired) electrons. The summed E-state index contributed by atoms with van der Waals surface area (Å²) >= 11 is 7.37. The summed E-state index contributed by atoms with van der Waals surface area (Å²) in [6, 6.07) is 14.7. The first-order valence-corrected chi connectivity index (χ1v) is 11.0. The number of fused-ring (bicyclic) bond motifs is 1. The maximum Gasteiger partial charge on any atom is 0.262 e. The van der Waals surface area contributed by atoms with Crippen LogP contribution in [0.5, 0.6) is 0 Å². The lowest BCUT2D eigenvalue weighted by Crippen LogP contribution is -2.38. The summed E-state index contributed by atoms with van der Waals surface area (Å²) < 4.78 is 1.65. The first kappa shape index (κ1) is 21.4. The fourth-order valence-electron chi connectivity index (χ4n) is 3.22. The third-order valence-corrected chi connectivity index (χ3v) is 5.67. The van der Waals surface area contributed by atoms with Crippen LogP contribution in [-0.2, 0) is 11.3 Å². The Labute approximate surface area is 179 Å². The Hall–Kier alpha value is -2.31. The number of hydrogen-bond acceptors (Lipinski definition) is 4. The van der Waals surface area contributed by atoms with Crippen molar-refractivity contribution in [1.82, 2.24) is 9.55 Å². The summed E-state index contributed by atoms with van der Waals surface area (Å²) in [5, 5.41) is 1.60. The highest BCUT2D eigenvalue weighted by Crippen LogP contribution is 2.23. The third kappa shape index (κ3) is 4.82. The number of aromatic nitrogens is 2. The number of benzene rings is 2. The molecule has 0 atom stereocenters. The average Bonchev–Trinajstić information content (AvgIpc) is 2.69. The van der Waals surface area contributed by atoms with Gasteiger partial charge >= 0.3 is 0 Å². The van der Waals surface area contributed by atoms with E-state index in [2.05, 4.69) is 4.98 Å². The molecule has 0 fully saturated rings. The number of para-hydroxylation sites is 1. The molecule has 0 aliphatic rings. The van der Waals surface area contributed by atoms with Crippen LogP contribution in [0.1, 0.15) is 27.2 Å². The Balaban J connectivity index is 1.91. The van der Waals surface area contributed by atoms with E-state index in [-0.39, 0.29) is 23.3 Å². The van der Waals surface area contributed by atoms with Gasteiger partial charge in [0.05, 0.1) is 16.7 Å². The minimum absolute atomic E-state index is 0.0201. The molecule has 7 heteroatoms. The van der Waals surface area contributed by atoms with E-state index in [0.29, 0.717) is 27.6 Å². The van der Waals surface area contributed by atoms with Crippen LogP contribution in [-0.4, -0.2) is 27.3 Å². The summed E-state index contributed by atoms with van der Waals surface area (Å²) in [5.41, 5.74) is 1.30. The van der Waals surface area contributed by atoms with Crippen LogP contribution >= 0.6 is 23.4 Å². The van der Waals surface area contributed by atoms with Crippen molar-refractivity contribution in [1.29, 1.82) is 0 Å². The highest BCUT2D eigenvalue weighted by Gasteiger charge is 2.20. The first-order chi connectivity index (χ1) is 13.9. The molecular formula is C22H24ClN3O2S. The van der Waals surface area contributed by atoms with Crippen LogP contribution < -0.4 is 10.5 Å². The van der Waals surface area contributed by atoms with Crippen molar-refractivity contribution in [2.24, 2.45) is 0 Å². The molecule has 0 aliphatic carbocycles. The van der Waals surface area contributed by atoms with Crippen molar-refractivity contribution in [3.05, 3.63) is 63.9 Å². The van der Waals surface area contributed by atoms with Gasteiger partial charge in [0, 0.05) is 23.3 Å². The first-order valence-electron chi connectivity index (χ1n) is 9.62. The number of carbonyl (C=O) groups excluding carboxylic acids is 1. The highest BCUT2D eigenvalue weighted by molar-refractivity contribution is 7.99. The van der Waals surface area contributed by atoms with Crippen molar-refractivity contribution >= 4 is 45.9 Å². The third-order valence-electron chi connectivity index (χ3n) is 4.47. The van der Waals surface area contributed by atoms with Gasteiger partial charge in [-0.3, -0.25) is 14.2 Å². The Kier molecular flexibility index (Phi) is 6.98. The molecule has 1 aromatic heterocycles. The SMILES string of the molecule is CCCn1c(SCC(=O)N(c2ccccc2)C(C)C)nc2cc(Cl)ccc2c1=O. The van der Waals surface area contributed by atoms with E-state index in [1.54, 1.807) is 27.7 Å². The fraction of sp³-hybridized carbons (Fsp3) is 0.318. The lowest BCUT2D eigenvalue weighted by molar-refractivity contribution is -0.116. The number of thioether (sulfide) groups is 1. The van der Waals surface area contributed by atoms with Crippen molar-refractivity contribution in [3.8, 4) is 0 Å². The Bertz CT molecular complexity index is 1070. The quantitative estimate of drug-likeness (QED) is 0.392. The van der Waals surface area contributed by atoms with E-state index in [9.17, 15) is 9.59 Å². The topological polar surface area (TPSA) is 55.2 Å². The summed E-state index contributed by atoms with van der Waals surface area (Å²) in [7, 11) is 0. The van der Waals surface area contributed by atoms with E-state index in [1.165, 1.54) is 11.8 Å². The van der Waals surface area contributed by atoms with E-state index in [0.717, 1.165) is 12.1 Å². The Morgan fingerprint density at radius 3 is 2.59 bits per heavy atom. The maximum absolute atomic E-state index is 13.0. The smallest absolute Gasteiger partial charge is 0.262 e. The molecule has 0 bridgehead atoms. The number of anilines is 1. The number of rotatable bonds is 7. The normalized spacial score (nSPS) is 11.2. The predicted molar refractivity (Wildman–Crippen MR) is 121 cm³/mol. The summed E-state index contributed by atoms with van der Waals surface area (Å²) in [5.74, 6) is 0.162.